The van der Waals surface area contributed by atoms with E-state index in [1.54, 1.807) is 0 Å². The van der Waals surface area contributed by atoms with Crippen molar-refractivity contribution in [2.45, 2.75) is 25.9 Å². The first-order valence-corrected chi connectivity index (χ1v) is 4.48. The highest BCUT2D eigenvalue weighted by Gasteiger charge is 1.85. The van der Waals surface area contributed by atoms with Crippen molar-refractivity contribution >= 4 is 5.69 Å². The third kappa shape index (κ3) is 8.85. The largest absolute Gasteiger partial charge is 0.399 e. The molecule has 1 aromatic carbocycles. The Hall–Kier alpha value is -1.06. The first-order chi connectivity index (χ1) is 6.16. The lowest BCUT2D eigenvalue weighted by molar-refractivity contribution is 0.627. The Labute approximate surface area is 79.9 Å². The molecule has 0 aliphatic heterocycles. The Morgan fingerprint density at radius 1 is 1.15 bits per heavy atom. The summed E-state index contributed by atoms with van der Waals surface area (Å²) in [7, 11) is 0. The first kappa shape index (κ1) is 11.9. The molecule has 0 unspecified atom stereocenters. The van der Waals surface area contributed by atoms with Gasteiger partial charge in [-0.15, -0.1) is 0 Å². The molecule has 0 heterocycles. The van der Waals surface area contributed by atoms with Crippen molar-refractivity contribution in [2.24, 2.45) is 11.5 Å². The summed E-state index contributed by atoms with van der Waals surface area (Å²) in [6, 6.07) is 9.49. The molecule has 0 atom stereocenters. The predicted octanol–water partition coefficient (Wildman–Crippen LogP) is 1.30. The molecule has 3 nitrogen and oxygen atoms in total. The van der Waals surface area contributed by atoms with Crippen LogP contribution in [0.25, 0.3) is 0 Å². The van der Waals surface area contributed by atoms with Crippen molar-refractivity contribution in [1.29, 1.82) is 0 Å². The van der Waals surface area contributed by atoms with Gasteiger partial charge in [-0.2, -0.15) is 0 Å². The summed E-state index contributed by atoms with van der Waals surface area (Å²) in [4.78, 5) is 0. The molecule has 0 bridgehead atoms. The Morgan fingerprint density at radius 3 is 1.85 bits per heavy atom. The minimum atomic E-state index is -0.102. The average molecular weight is 181 g/mol. The number of rotatable bonds is 2. The maximum absolute atomic E-state index is 5.36. The second-order valence-corrected chi connectivity index (χ2v) is 2.86. The van der Waals surface area contributed by atoms with Crippen molar-refractivity contribution in [3.05, 3.63) is 30.3 Å². The Balaban J connectivity index is 0.000000226. The molecule has 13 heavy (non-hydrogen) atoms. The fourth-order valence-corrected chi connectivity index (χ4v) is 0.786. The van der Waals surface area contributed by atoms with E-state index in [4.69, 9.17) is 17.2 Å². The number of nitrogens with two attached hydrogens (primary N) is 3. The molecule has 0 aromatic heterocycles. The highest BCUT2D eigenvalue weighted by atomic mass is 14.8. The van der Waals surface area contributed by atoms with E-state index < -0.39 is 0 Å². The molecule has 0 saturated heterocycles. The second-order valence-electron chi connectivity index (χ2n) is 2.86. The number of hydrogen-bond acceptors (Lipinski definition) is 3. The van der Waals surface area contributed by atoms with Crippen LogP contribution in [-0.2, 0) is 0 Å². The van der Waals surface area contributed by atoms with Gasteiger partial charge in [-0.05, 0) is 18.6 Å². The Kier molecular flexibility index (Phi) is 6.96. The molecule has 3 heteroatoms. The van der Waals surface area contributed by atoms with Gasteiger partial charge >= 0.3 is 0 Å². The quantitative estimate of drug-likeness (QED) is 0.475. The van der Waals surface area contributed by atoms with Crippen LogP contribution >= 0.6 is 0 Å². The normalized spacial score (nSPS) is 9.23. The van der Waals surface area contributed by atoms with Gasteiger partial charge < -0.3 is 17.2 Å². The Bertz CT molecular complexity index is 197. The maximum atomic E-state index is 5.36. The van der Waals surface area contributed by atoms with Gasteiger partial charge in [-0.25, -0.2) is 0 Å². The summed E-state index contributed by atoms with van der Waals surface area (Å²) in [6.07, 6.45) is 1.91. The van der Waals surface area contributed by atoms with Crippen molar-refractivity contribution in [1.82, 2.24) is 0 Å². The van der Waals surface area contributed by atoms with Crippen LogP contribution in [0.5, 0.6) is 0 Å². The van der Waals surface area contributed by atoms with Crippen molar-refractivity contribution < 1.29 is 0 Å². The van der Waals surface area contributed by atoms with Crippen LogP contribution in [0.4, 0.5) is 5.69 Å². The predicted molar refractivity (Wildman–Crippen MR) is 57.9 cm³/mol. The molecule has 1 rings (SSSR count). The minimum absolute atomic E-state index is 0.102. The third-order valence-corrected chi connectivity index (χ3v) is 1.42. The van der Waals surface area contributed by atoms with Crippen molar-refractivity contribution in [3.63, 3.8) is 0 Å². The van der Waals surface area contributed by atoms with Crippen molar-refractivity contribution in [3.8, 4) is 0 Å². The molecule has 0 saturated carbocycles. The summed E-state index contributed by atoms with van der Waals surface area (Å²) >= 11 is 0. The van der Waals surface area contributed by atoms with Gasteiger partial charge in [-0.3, -0.25) is 0 Å². The zero-order valence-corrected chi connectivity index (χ0v) is 8.11. The number of anilines is 1. The monoisotopic (exact) mass is 181 g/mol. The van der Waals surface area contributed by atoms with E-state index in [0.717, 1.165) is 18.5 Å². The van der Waals surface area contributed by atoms with Gasteiger partial charge in [-0.1, -0.05) is 31.5 Å². The SMILES string of the molecule is CCCC(N)N.Nc1ccccc1. The smallest absolute Gasteiger partial charge is 0.0520 e. The number of para-hydroxylation sites is 1. The van der Waals surface area contributed by atoms with Gasteiger partial charge in [0, 0.05) is 5.69 Å². The van der Waals surface area contributed by atoms with Gasteiger partial charge in [0.05, 0.1) is 6.17 Å². The van der Waals surface area contributed by atoms with Crippen LogP contribution in [0, 0.1) is 0 Å². The van der Waals surface area contributed by atoms with Crippen LogP contribution in [0.15, 0.2) is 30.3 Å². The van der Waals surface area contributed by atoms with Crippen LogP contribution in [0.2, 0.25) is 0 Å². The van der Waals surface area contributed by atoms with E-state index in [9.17, 15) is 0 Å². The Morgan fingerprint density at radius 2 is 1.69 bits per heavy atom. The molecule has 6 N–H and O–H groups in total. The van der Waals surface area contributed by atoms with Gasteiger partial charge in [0.15, 0.2) is 0 Å². The first-order valence-electron chi connectivity index (χ1n) is 4.48. The molecule has 0 aliphatic rings. The van der Waals surface area contributed by atoms with E-state index in [2.05, 4.69) is 6.92 Å². The molecule has 0 fully saturated rings. The fourth-order valence-electron chi connectivity index (χ4n) is 0.786. The van der Waals surface area contributed by atoms with Crippen LogP contribution in [-0.4, -0.2) is 6.17 Å². The van der Waals surface area contributed by atoms with Crippen LogP contribution in [0.1, 0.15) is 19.8 Å². The van der Waals surface area contributed by atoms with E-state index >= 15 is 0 Å². The van der Waals surface area contributed by atoms with E-state index in [1.165, 1.54) is 0 Å². The van der Waals surface area contributed by atoms with Gasteiger partial charge in [0.25, 0.3) is 0 Å². The molecule has 74 valence electrons. The van der Waals surface area contributed by atoms with E-state index in [-0.39, 0.29) is 6.17 Å². The standard InChI is InChI=1S/C6H7N.C4H12N2/c7-6-4-2-1-3-5-6;1-2-3-4(5)6/h1-5H,7H2;4H,2-3,5-6H2,1H3. The van der Waals surface area contributed by atoms with Crippen LogP contribution < -0.4 is 17.2 Å². The molecular weight excluding hydrogens is 162 g/mol. The summed E-state index contributed by atoms with van der Waals surface area (Å²) in [5, 5.41) is 0. The lowest BCUT2D eigenvalue weighted by atomic mass is 10.3. The topological polar surface area (TPSA) is 78.1 Å². The number of nitrogen functional groups attached to an aromatic ring is 1. The van der Waals surface area contributed by atoms with Crippen LogP contribution in [0.3, 0.4) is 0 Å². The highest BCUT2D eigenvalue weighted by molar-refractivity contribution is 5.35. The molecule has 0 aliphatic carbocycles. The number of hydrogen-bond donors (Lipinski definition) is 3. The van der Waals surface area contributed by atoms with E-state index in [1.807, 2.05) is 30.3 Å². The average Bonchev–Trinajstić information content (AvgIpc) is 2.06. The second kappa shape index (κ2) is 7.58. The molecule has 0 spiro atoms. The summed E-state index contributed by atoms with van der Waals surface area (Å²) in [6.45, 7) is 2.06. The summed E-state index contributed by atoms with van der Waals surface area (Å²) < 4.78 is 0. The highest BCUT2D eigenvalue weighted by Crippen LogP contribution is 1.95. The number of benzene rings is 1. The summed E-state index contributed by atoms with van der Waals surface area (Å²) in [5.41, 5.74) is 16.5. The maximum Gasteiger partial charge on any atom is 0.0520 e. The van der Waals surface area contributed by atoms with E-state index in [0.29, 0.717) is 0 Å². The third-order valence-electron chi connectivity index (χ3n) is 1.42. The van der Waals surface area contributed by atoms with Gasteiger partial charge in [0.2, 0.25) is 0 Å². The molecule has 1 aromatic rings. The lowest BCUT2D eigenvalue weighted by Gasteiger charge is -1.97. The zero-order valence-electron chi connectivity index (χ0n) is 8.11. The fraction of sp³-hybridized carbons (Fsp3) is 0.400. The molecular formula is C10H19N3. The molecule has 0 radical (unpaired) electrons. The zero-order chi connectivity index (χ0) is 10.1. The lowest BCUT2D eigenvalue weighted by Crippen LogP contribution is -2.29. The minimum Gasteiger partial charge on any atom is -0.399 e. The van der Waals surface area contributed by atoms with Gasteiger partial charge in [0.1, 0.15) is 0 Å². The summed E-state index contributed by atoms with van der Waals surface area (Å²) in [5.74, 6) is 0. The van der Waals surface area contributed by atoms with Crippen molar-refractivity contribution in [2.75, 3.05) is 5.73 Å². The molecule has 0 amide bonds.